The summed E-state index contributed by atoms with van der Waals surface area (Å²) in [5.41, 5.74) is 3.11. The van der Waals surface area contributed by atoms with E-state index in [-0.39, 0.29) is 18.9 Å². The maximum absolute atomic E-state index is 12.1. The third-order valence-corrected chi connectivity index (χ3v) is 4.88. The monoisotopic (exact) mass is 535 g/mol. The van der Waals surface area contributed by atoms with Crippen molar-refractivity contribution < 1.29 is 37.9 Å². The maximum Gasteiger partial charge on any atom is 0.338 e. The molecule has 4 amide bonds. The zero-order valence-electron chi connectivity index (χ0n) is 21.0. The molecule has 3 rings (SSSR count). The fraction of sp³-hybridized carbons (Fsp3) is 0.154. The number of amides is 4. The van der Waals surface area contributed by atoms with Crippen molar-refractivity contribution in [2.24, 2.45) is 5.10 Å². The van der Waals surface area contributed by atoms with Crippen LogP contribution < -0.4 is 26.1 Å². The van der Waals surface area contributed by atoms with Crippen LogP contribution in [-0.2, 0) is 30.5 Å². The molecule has 2 aromatic carbocycles. The number of carbonyl (C=O) groups is 5. The third kappa shape index (κ3) is 8.56. The zero-order chi connectivity index (χ0) is 28.2. The highest BCUT2D eigenvalue weighted by molar-refractivity contribution is 6.40. The first-order valence-corrected chi connectivity index (χ1v) is 11.5. The van der Waals surface area contributed by atoms with Crippen LogP contribution in [0.1, 0.15) is 28.8 Å². The number of ether oxygens (including phenoxy) is 2. The van der Waals surface area contributed by atoms with E-state index in [1.807, 2.05) is 0 Å². The first-order chi connectivity index (χ1) is 18.8. The summed E-state index contributed by atoms with van der Waals surface area (Å²) in [6.07, 6.45) is 1.16. The molecule has 3 aromatic rings. The number of nitrogens with one attached hydrogen (secondary N) is 4. The van der Waals surface area contributed by atoms with Gasteiger partial charge in [0.15, 0.2) is 0 Å². The Balaban J connectivity index is 1.41. The lowest BCUT2D eigenvalue weighted by Crippen LogP contribution is -2.34. The van der Waals surface area contributed by atoms with E-state index in [0.29, 0.717) is 28.4 Å². The van der Waals surface area contributed by atoms with Gasteiger partial charge < -0.3 is 29.8 Å². The number of carbonyl (C=O) groups excluding carboxylic acids is 5. The molecule has 0 spiro atoms. The molecule has 0 atom stereocenters. The molecule has 0 saturated heterocycles. The number of rotatable bonds is 9. The van der Waals surface area contributed by atoms with Crippen LogP contribution in [0, 0.1) is 0 Å². The second kappa shape index (κ2) is 13.7. The Bertz CT molecular complexity index is 1360. The first kappa shape index (κ1) is 28.1. The molecule has 1 heterocycles. The quantitative estimate of drug-likeness (QED) is 0.139. The van der Waals surface area contributed by atoms with Gasteiger partial charge >= 0.3 is 29.6 Å². The van der Waals surface area contributed by atoms with Gasteiger partial charge in [0.2, 0.25) is 0 Å². The number of furan rings is 1. The van der Waals surface area contributed by atoms with E-state index < -0.39 is 29.6 Å². The van der Waals surface area contributed by atoms with Crippen molar-refractivity contribution in [3.8, 4) is 5.75 Å². The van der Waals surface area contributed by atoms with E-state index in [1.165, 1.54) is 43.5 Å². The van der Waals surface area contributed by atoms with E-state index in [0.717, 1.165) is 6.21 Å². The molecule has 0 aliphatic rings. The smallest absolute Gasteiger partial charge is 0.338 e. The number of methoxy groups -OCH3 is 1. The number of hydrogen-bond acceptors (Lipinski definition) is 9. The number of nitrogens with zero attached hydrogens (tertiary/aromatic N) is 1. The lowest BCUT2D eigenvalue weighted by atomic mass is 10.2. The highest BCUT2D eigenvalue weighted by Crippen LogP contribution is 2.15. The summed E-state index contributed by atoms with van der Waals surface area (Å²) >= 11 is 0. The molecule has 1 aromatic heterocycles. The maximum atomic E-state index is 12.1. The average Bonchev–Trinajstić information content (AvgIpc) is 3.40. The van der Waals surface area contributed by atoms with Gasteiger partial charge in [0.1, 0.15) is 17.3 Å². The van der Waals surface area contributed by atoms with Gasteiger partial charge in [-0.25, -0.2) is 10.2 Å². The molecule has 13 heteroatoms. The molecule has 0 unspecified atom stereocenters. The van der Waals surface area contributed by atoms with Gasteiger partial charge in [0, 0.05) is 11.4 Å². The lowest BCUT2D eigenvalue weighted by molar-refractivity contribution is -0.136. The predicted octanol–water partition coefficient (Wildman–Crippen LogP) is 1.81. The van der Waals surface area contributed by atoms with Crippen LogP contribution in [-0.4, -0.2) is 49.5 Å². The molecule has 0 aliphatic carbocycles. The fourth-order valence-corrected chi connectivity index (χ4v) is 2.97. The van der Waals surface area contributed by atoms with Gasteiger partial charge in [0.25, 0.3) is 0 Å². The molecule has 0 radical (unpaired) electrons. The number of hydrogen-bond donors (Lipinski definition) is 4. The summed E-state index contributed by atoms with van der Waals surface area (Å²) in [5, 5.41) is 10.9. The van der Waals surface area contributed by atoms with Gasteiger partial charge in [-0.1, -0.05) is 0 Å². The predicted molar refractivity (Wildman–Crippen MR) is 139 cm³/mol. The van der Waals surface area contributed by atoms with Crippen molar-refractivity contribution in [2.75, 3.05) is 24.4 Å². The normalized spacial score (nSPS) is 10.4. The highest BCUT2D eigenvalue weighted by Gasteiger charge is 2.15. The number of hydrazone groups is 1. The van der Waals surface area contributed by atoms with Crippen LogP contribution >= 0.6 is 0 Å². The molecule has 0 bridgehead atoms. The number of esters is 1. The second-order valence-electron chi connectivity index (χ2n) is 7.62. The summed E-state index contributed by atoms with van der Waals surface area (Å²) in [4.78, 5) is 59.8. The lowest BCUT2D eigenvalue weighted by Gasteiger charge is -2.07. The molecule has 202 valence electrons. The molecule has 0 fully saturated rings. The van der Waals surface area contributed by atoms with Crippen LogP contribution in [0.2, 0.25) is 0 Å². The van der Waals surface area contributed by atoms with Crippen LogP contribution in [0.5, 0.6) is 5.75 Å². The van der Waals surface area contributed by atoms with Crippen molar-refractivity contribution >= 4 is 47.2 Å². The Morgan fingerprint density at radius 2 is 1.44 bits per heavy atom. The molecular formula is C26H25N5O8. The van der Waals surface area contributed by atoms with Gasteiger partial charge in [-0.15, -0.1) is 0 Å². The van der Waals surface area contributed by atoms with Crippen LogP contribution in [0.3, 0.4) is 0 Å². The summed E-state index contributed by atoms with van der Waals surface area (Å²) in [6.45, 7) is 1.83. The van der Waals surface area contributed by atoms with Crippen molar-refractivity contribution in [1.82, 2.24) is 10.7 Å². The molecule has 39 heavy (non-hydrogen) atoms. The standard InChI is InChI=1S/C26H25N5O8/c1-3-38-26(36)16-4-6-17(7-5-16)29-23(33)22(32)27-14-20-12-13-21(39-20)15-28-31-25(35)24(34)30-18-8-10-19(37-2)11-9-18/h4-13,15H,3,14H2,1-2H3,(H,27,32)(H,29,33)(H,30,34)(H,31,35)/b28-15+. The van der Waals surface area contributed by atoms with Crippen molar-refractivity contribution in [2.45, 2.75) is 13.5 Å². The third-order valence-electron chi connectivity index (χ3n) is 4.88. The minimum Gasteiger partial charge on any atom is -0.497 e. The summed E-state index contributed by atoms with van der Waals surface area (Å²) in [6, 6.07) is 15.3. The second-order valence-corrected chi connectivity index (χ2v) is 7.62. The van der Waals surface area contributed by atoms with Gasteiger partial charge in [-0.3, -0.25) is 19.2 Å². The minimum absolute atomic E-state index is 0.0987. The Hall–Kier alpha value is -5.46. The molecule has 13 nitrogen and oxygen atoms in total. The topological polar surface area (TPSA) is 177 Å². The van der Waals surface area contributed by atoms with Gasteiger partial charge in [-0.05, 0) is 67.6 Å². The van der Waals surface area contributed by atoms with E-state index in [4.69, 9.17) is 13.9 Å². The molecular weight excluding hydrogens is 510 g/mol. The van der Waals surface area contributed by atoms with Crippen LogP contribution in [0.25, 0.3) is 0 Å². The fourth-order valence-electron chi connectivity index (χ4n) is 2.97. The van der Waals surface area contributed by atoms with Crippen molar-refractivity contribution in [3.63, 3.8) is 0 Å². The van der Waals surface area contributed by atoms with Crippen LogP contribution in [0.4, 0.5) is 11.4 Å². The number of anilines is 2. The van der Waals surface area contributed by atoms with Crippen LogP contribution in [0.15, 0.2) is 70.2 Å². The Kier molecular flexibility index (Phi) is 9.90. The van der Waals surface area contributed by atoms with E-state index >= 15 is 0 Å². The number of benzene rings is 2. The van der Waals surface area contributed by atoms with E-state index in [9.17, 15) is 24.0 Å². The van der Waals surface area contributed by atoms with Gasteiger partial charge in [0.05, 0.1) is 32.0 Å². The summed E-state index contributed by atoms with van der Waals surface area (Å²) < 4.78 is 15.4. The molecule has 0 saturated carbocycles. The first-order valence-electron chi connectivity index (χ1n) is 11.5. The van der Waals surface area contributed by atoms with Crippen molar-refractivity contribution in [3.05, 3.63) is 77.7 Å². The Morgan fingerprint density at radius 1 is 0.821 bits per heavy atom. The molecule has 0 aliphatic heterocycles. The molecule has 4 N–H and O–H groups in total. The largest absolute Gasteiger partial charge is 0.497 e. The SMILES string of the molecule is CCOC(=O)c1ccc(NC(=O)C(=O)NCc2ccc(/C=N/NC(=O)C(=O)Nc3ccc(OC)cc3)o2)cc1. The summed E-state index contributed by atoms with van der Waals surface area (Å²) in [7, 11) is 1.51. The zero-order valence-corrected chi connectivity index (χ0v) is 21.0. The van der Waals surface area contributed by atoms with Gasteiger partial charge in [-0.2, -0.15) is 5.10 Å². The van der Waals surface area contributed by atoms with E-state index in [2.05, 4.69) is 26.5 Å². The van der Waals surface area contributed by atoms with E-state index in [1.54, 1.807) is 31.2 Å². The Morgan fingerprint density at radius 3 is 2.05 bits per heavy atom. The van der Waals surface area contributed by atoms with Crippen molar-refractivity contribution in [1.29, 1.82) is 0 Å². The summed E-state index contributed by atoms with van der Waals surface area (Å²) in [5.74, 6) is -3.11. The Labute approximate surface area is 222 Å². The highest BCUT2D eigenvalue weighted by atomic mass is 16.5. The average molecular weight is 536 g/mol. The minimum atomic E-state index is -0.998.